The molecule has 2 atom stereocenters. The molecule has 4 nitrogen and oxygen atoms in total. The Morgan fingerprint density at radius 2 is 1.89 bits per heavy atom. The minimum Gasteiger partial charge on any atom is -0.391 e. The molecule has 0 radical (unpaired) electrons. The van der Waals surface area contributed by atoms with Crippen molar-refractivity contribution in [3.63, 3.8) is 0 Å². The molecule has 0 heterocycles. The summed E-state index contributed by atoms with van der Waals surface area (Å²) in [5, 5.41) is 12.7. The van der Waals surface area contributed by atoms with Crippen LogP contribution in [-0.2, 0) is 4.79 Å². The average Bonchev–Trinajstić information content (AvgIpc) is 2.35. The van der Waals surface area contributed by atoms with Crippen molar-refractivity contribution in [1.29, 1.82) is 0 Å². The summed E-state index contributed by atoms with van der Waals surface area (Å²) < 4.78 is 0. The van der Waals surface area contributed by atoms with E-state index in [9.17, 15) is 9.90 Å². The van der Waals surface area contributed by atoms with E-state index in [4.69, 9.17) is 5.73 Å². The molecule has 1 saturated carbocycles. The molecular formula is C13H27ClN2O2. The van der Waals surface area contributed by atoms with E-state index in [-0.39, 0.29) is 24.2 Å². The number of aliphatic hydroxyl groups is 1. The molecule has 1 amide bonds. The molecule has 0 aromatic heterocycles. The lowest BCUT2D eigenvalue weighted by atomic mass is 9.85. The molecule has 1 fully saturated rings. The number of halogens is 1. The van der Waals surface area contributed by atoms with Gasteiger partial charge in [-0.15, -0.1) is 12.4 Å². The van der Waals surface area contributed by atoms with Crippen LogP contribution in [0.1, 0.15) is 46.0 Å². The minimum absolute atomic E-state index is 0. The van der Waals surface area contributed by atoms with Crippen LogP contribution in [0, 0.1) is 11.8 Å². The number of aliphatic hydroxyl groups excluding tert-OH is 1. The van der Waals surface area contributed by atoms with Crippen LogP contribution in [0.3, 0.4) is 0 Å². The van der Waals surface area contributed by atoms with Crippen molar-refractivity contribution in [3.8, 4) is 0 Å². The molecule has 1 unspecified atom stereocenters. The maximum atomic E-state index is 11.6. The van der Waals surface area contributed by atoms with Gasteiger partial charge in [0, 0.05) is 6.54 Å². The van der Waals surface area contributed by atoms with Gasteiger partial charge in [0.2, 0.25) is 5.91 Å². The van der Waals surface area contributed by atoms with Crippen molar-refractivity contribution in [2.45, 2.75) is 58.1 Å². The Morgan fingerprint density at radius 3 is 2.39 bits per heavy atom. The van der Waals surface area contributed by atoms with Crippen molar-refractivity contribution in [2.24, 2.45) is 17.6 Å². The van der Waals surface area contributed by atoms with Gasteiger partial charge in [-0.25, -0.2) is 0 Å². The van der Waals surface area contributed by atoms with Crippen LogP contribution in [-0.4, -0.2) is 29.7 Å². The first-order chi connectivity index (χ1) is 8.02. The molecule has 0 aromatic carbocycles. The van der Waals surface area contributed by atoms with Gasteiger partial charge in [0.1, 0.15) is 0 Å². The fraction of sp³-hybridized carbons (Fsp3) is 0.923. The van der Waals surface area contributed by atoms with Crippen molar-refractivity contribution in [2.75, 3.05) is 6.54 Å². The number of hydrogen-bond donors (Lipinski definition) is 3. The Labute approximate surface area is 116 Å². The fourth-order valence-corrected chi connectivity index (χ4v) is 2.31. The van der Waals surface area contributed by atoms with Crippen molar-refractivity contribution in [3.05, 3.63) is 0 Å². The summed E-state index contributed by atoms with van der Waals surface area (Å²) in [5.74, 6) is 0.316. The normalized spacial score (nSPS) is 20.1. The van der Waals surface area contributed by atoms with Crippen molar-refractivity contribution < 1.29 is 9.90 Å². The van der Waals surface area contributed by atoms with Crippen LogP contribution < -0.4 is 11.1 Å². The first-order valence-corrected chi connectivity index (χ1v) is 6.73. The highest BCUT2D eigenvalue weighted by Gasteiger charge is 2.23. The van der Waals surface area contributed by atoms with E-state index in [1.807, 2.05) is 13.8 Å². The zero-order chi connectivity index (χ0) is 12.8. The molecule has 0 saturated heterocycles. The predicted molar refractivity (Wildman–Crippen MR) is 75.7 cm³/mol. The van der Waals surface area contributed by atoms with Crippen molar-refractivity contribution in [1.82, 2.24) is 5.32 Å². The SMILES string of the molecule is CC(C)[C@H](N)C(=O)NCC(O)C1CCCCC1.Cl. The number of nitrogens with two attached hydrogens (primary N) is 1. The molecule has 1 rings (SSSR count). The quantitative estimate of drug-likeness (QED) is 0.712. The number of carbonyl (C=O) groups is 1. The predicted octanol–water partition coefficient (Wildman–Crippen LogP) is 1.45. The van der Waals surface area contributed by atoms with Crippen LogP contribution in [0.15, 0.2) is 0 Å². The van der Waals surface area contributed by atoms with Gasteiger partial charge >= 0.3 is 0 Å². The third-order valence-corrected chi connectivity index (χ3v) is 3.70. The molecule has 1 aliphatic carbocycles. The lowest BCUT2D eigenvalue weighted by Crippen LogP contribution is -2.47. The molecule has 5 heteroatoms. The topological polar surface area (TPSA) is 75.4 Å². The Kier molecular flexibility index (Phi) is 8.57. The molecule has 18 heavy (non-hydrogen) atoms. The van der Waals surface area contributed by atoms with Gasteiger partial charge in [-0.05, 0) is 24.7 Å². The van der Waals surface area contributed by atoms with Gasteiger partial charge in [0.25, 0.3) is 0 Å². The summed E-state index contributed by atoms with van der Waals surface area (Å²) in [7, 11) is 0. The smallest absolute Gasteiger partial charge is 0.237 e. The van der Waals surface area contributed by atoms with Gasteiger partial charge < -0.3 is 16.2 Å². The van der Waals surface area contributed by atoms with Crippen LogP contribution >= 0.6 is 12.4 Å². The third-order valence-electron chi connectivity index (χ3n) is 3.70. The minimum atomic E-state index is -0.478. The second-order valence-electron chi connectivity index (χ2n) is 5.48. The van der Waals surface area contributed by atoms with E-state index in [1.54, 1.807) is 0 Å². The lowest BCUT2D eigenvalue weighted by molar-refractivity contribution is -0.123. The molecule has 108 valence electrons. The molecule has 0 aromatic rings. The number of carbonyl (C=O) groups excluding carboxylic acids is 1. The second-order valence-corrected chi connectivity index (χ2v) is 5.48. The van der Waals surface area contributed by atoms with Gasteiger partial charge in [0.15, 0.2) is 0 Å². The molecule has 4 N–H and O–H groups in total. The van der Waals surface area contributed by atoms with E-state index >= 15 is 0 Å². The van der Waals surface area contributed by atoms with Gasteiger partial charge in [0.05, 0.1) is 12.1 Å². The van der Waals surface area contributed by atoms with E-state index in [1.165, 1.54) is 19.3 Å². The highest BCUT2D eigenvalue weighted by Crippen LogP contribution is 2.26. The third kappa shape index (κ3) is 5.55. The Balaban J connectivity index is 0.00000289. The average molecular weight is 279 g/mol. The maximum Gasteiger partial charge on any atom is 0.237 e. The largest absolute Gasteiger partial charge is 0.391 e. The summed E-state index contributed by atoms with van der Waals surface area (Å²) in [6, 6.07) is -0.478. The number of amides is 1. The fourth-order valence-electron chi connectivity index (χ4n) is 2.31. The zero-order valence-corrected chi connectivity index (χ0v) is 12.2. The van der Waals surface area contributed by atoms with Gasteiger partial charge in [-0.2, -0.15) is 0 Å². The summed E-state index contributed by atoms with van der Waals surface area (Å²) in [4.78, 5) is 11.6. The van der Waals surface area contributed by atoms with Gasteiger partial charge in [-0.1, -0.05) is 33.1 Å². The molecular weight excluding hydrogens is 252 g/mol. The molecule has 0 spiro atoms. The van der Waals surface area contributed by atoms with Crippen molar-refractivity contribution >= 4 is 18.3 Å². The first-order valence-electron chi connectivity index (χ1n) is 6.73. The Bertz CT molecular complexity index is 243. The Morgan fingerprint density at radius 1 is 1.33 bits per heavy atom. The summed E-state index contributed by atoms with van der Waals surface area (Å²) in [6.07, 6.45) is 5.40. The van der Waals surface area contributed by atoms with E-state index in [2.05, 4.69) is 5.32 Å². The first kappa shape index (κ1) is 17.7. The van der Waals surface area contributed by atoms with E-state index < -0.39 is 12.1 Å². The molecule has 1 aliphatic rings. The number of nitrogens with one attached hydrogen (secondary N) is 1. The highest BCUT2D eigenvalue weighted by atomic mass is 35.5. The Hall–Kier alpha value is -0.320. The van der Waals surface area contributed by atoms with Gasteiger partial charge in [-0.3, -0.25) is 4.79 Å². The van der Waals surface area contributed by atoms with Crippen LogP contribution in [0.4, 0.5) is 0 Å². The standard InChI is InChI=1S/C13H26N2O2.ClH/c1-9(2)12(14)13(17)15-8-11(16)10-6-4-3-5-7-10;/h9-12,16H,3-8,14H2,1-2H3,(H,15,17);1H/t11?,12-;/m0./s1. The molecule has 0 bridgehead atoms. The zero-order valence-electron chi connectivity index (χ0n) is 11.4. The van der Waals surface area contributed by atoms with E-state index in [0.29, 0.717) is 12.5 Å². The molecule has 0 aliphatic heterocycles. The monoisotopic (exact) mass is 278 g/mol. The maximum absolute atomic E-state index is 11.6. The highest BCUT2D eigenvalue weighted by molar-refractivity contribution is 5.85. The summed E-state index contributed by atoms with van der Waals surface area (Å²) in [5.41, 5.74) is 5.73. The van der Waals surface area contributed by atoms with Crippen LogP contribution in [0.25, 0.3) is 0 Å². The number of rotatable bonds is 5. The summed E-state index contributed by atoms with van der Waals surface area (Å²) >= 11 is 0. The van der Waals surface area contributed by atoms with Crippen LogP contribution in [0.5, 0.6) is 0 Å². The summed E-state index contributed by atoms with van der Waals surface area (Å²) in [6.45, 7) is 4.17. The second kappa shape index (κ2) is 8.73. The lowest BCUT2D eigenvalue weighted by Gasteiger charge is -2.27. The number of hydrogen-bond acceptors (Lipinski definition) is 3. The van der Waals surface area contributed by atoms with E-state index in [0.717, 1.165) is 12.8 Å². The van der Waals surface area contributed by atoms with Crippen LogP contribution in [0.2, 0.25) is 0 Å².